The molecule has 0 aromatic heterocycles. The Morgan fingerprint density at radius 2 is 2.04 bits per heavy atom. The average Bonchev–Trinajstić information content (AvgIpc) is 3.07. The molecule has 0 radical (unpaired) electrons. The van der Waals surface area contributed by atoms with Gasteiger partial charge in [-0.05, 0) is 30.9 Å². The van der Waals surface area contributed by atoms with E-state index >= 15 is 0 Å². The fourth-order valence-electron chi connectivity index (χ4n) is 3.82. The first-order valence-corrected chi connectivity index (χ1v) is 8.89. The number of nitrogens with one attached hydrogen (secondary N) is 2. The van der Waals surface area contributed by atoms with Crippen molar-refractivity contribution in [3.63, 3.8) is 0 Å². The van der Waals surface area contributed by atoms with Crippen LogP contribution in [0.5, 0.6) is 5.75 Å². The van der Waals surface area contributed by atoms with Crippen LogP contribution in [0.15, 0.2) is 24.3 Å². The Kier molecular flexibility index (Phi) is 8.01. The third-order valence-electron chi connectivity index (χ3n) is 5.00. The molecule has 0 bridgehead atoms. The number of rotatable bonds is 6. The highest BCUT2D eigenvalue weighted by molar-refractivity contribution is 5.85. The lowest BCUT2D eigenvalue weighted by Gasteiger charge is -2.33. The number of alkyl halides is 3. The molecule has 0 amide bonds. The summed E-state index contributed by atoms with van der Waals surface area (Å²) >= 11 is 0. The molecule has 3 rings (SSSR count). The fraction of sp³-hybridized carbons (Fsp3) is 0.667. The van der Waals surface area contributed by atoms with Crippen LogP contribution in [0.25, 0.3) is 0 Å². The van der Waals surface area contributed by atoms with E-state index in [4.69, 9.17) is 9.47 Å². The summed E-state index contributed by atoms with van der Waals surface area (Å²) in [6.45, 7) is 3.11. The summed E-state index contributed by atoms with van der Waals surface area (Å²) in [6, 6.07) is 6.06. The quantitative estimate of drug-likeness (QED) is 0.727. The largest absolute Gasteiger partial charge is 0.492 e. The number of halogens is 4. The third-order valence-corrected chi connectivity index (χ3v) is 5.00. The molecule has 1 aliphatic carbocycles. The Hall–Kier alpha value is -1.02. The first kappa shape index (κ1) is 21.3. The molecular formula is C18H26ClF3N2O2. The zero-order valence-corrected chi connectivity index (χ0v) is 15.4. The van der Waals surface area contributed by atoms with Crippen LogP contribution in [0, 0.1) is 5.92 Å². The number of para-hydroxylation sites is 1. The van der Waals surface area contributed by atoms with Crippen LogP contribution in [0.2, 0.25) is 0 Å². The van der Waals surface area contributed by atoms with E-state index < -0.39 is 11.7 Å². The second-order valence-corrected chi connectivity index (χ2v) is 6.63. The second kappa shape index (κ2) is 9.78. The van der Waals surface area contributed by atoms with Gasteiger partial charge in [-0.25, -0.2) is 0 Å². The summed E-state index contributed by atoms with van der Waals surface area (Å²) in [5.74, 6) is 0.393. The van der Waals surface area contributed by atoms with E-state index in [1.165, 1.54) is 12.1 Å². The molecule has 1 saturated carbocycles. The maximum atomic E-state index is 12.9. The minimum absolute atomic E-state index is 0. The topological polar surface area (TPSA) is 42.5 Å². The van der Waals surface area contributed by atoms with Crippen molar-refractivity contribution in [3.8, 4) is 5.75 Å². The zero-order valence-electron chi connectivity index (χ0n) is 14.6. The summed E-state index contributed by atoms with van der Waals surface area (Å²) < 4.78 is 49.8. The molecule has 1 saturated heterocycles. The predicted molar refractivity (Wildman–Crippen MR) is 95.9 cm³/mol. The lowest BCUT2D eigenvalue weighted by atomic mass is 9.94. The van der Waals surface area contributed by atoms with E-state index in [2.05, 4.69) is 10.6 Å². The van der Waals surface area contributed by atoms with Crippen LogP contribution in [-0.2, 0) is 10.9 Å². The molecule has 3 unspecified atom stereocenters. The van der Waals surface area contributed by atoms with Gasteiger partial charge in [0.2, 0.25) is 0 Å². The molecule has 1 heterocycles. The van der Waals surface area contributed by atoms with E-state index in [0.717, 1.165) is 45.1 Å². The van der Waals surface area contributed by atoms with Gasteiger partial charge in [0.1, 0.15) is 12.4 Å². The van der Waals surface area contributed by atoms with Crippen LogP contribution in [0.1, 0.15) is 24.8 Å². The van der Waals surface area contributed by atoms with Crippen molar-refractivity contribution in [2.24, 2.45) is 5.92 Å². The molecule has 2 aliphatic rings. The third kappa shape index (κ3) is 5.49. The molecule has 2 fully saturated rings. The molecule has 8 heteroatoms. The molecule has 1 aliphatic heterocycles. The first-order valence-electron chi connectivity index (χ1n) is 8.89. The standard InChI is InChI=1S/C18H25F3N2O2.ClH/c19-18(20,21)14-5-1-2-7-17(14)25-11-9-22-15-6-3-4-13(15)16-12-24-10-8-23-16;/h1-2,5,7,13,15-16,22-23H,3-4,6,8-12H2;1H. The lowest BCUT2D eigenvalue weighted by molar-refractivity contribution is -0.138. The highest BCUT2D eigenvalue weighted by Crippen LogP contribution is 2.35. The van der Waals surface area contributed by atoms with Crippen molar-refractivity contribution in [1.29, 1.82) is 0 Å². The average molecular weight is 395 g/mol. The highest BCUT2D eigenvalue weighted by Gasteiger charge is 2.35. The van der Waals surface area contributed by atoms with Gasteiger partial charge in [-0.15, -0.1) is 12.4 Å². The van der Waals surface area contributed by atoms with Crippen LogP contribution in [-0.4, -0.2) is 45.0 Å². The molecule has 148 valence electrons. The van der Waals surface area contributed by atoms with Gasteiger partial charge >= 0.3 is 6.18 Å². The maximum absolute atomic E-state index is 12.9. The Morgan fingerprint density at radius 3 is 2.77 bits per heavy atom. The Morgan fingerprint density at radius 1 is 1.23 bits per heavy atom. The van der Waals surface area contributed by atoms with E-state index in [1.54, 1.807) is 6.07 Å². The summed E-state index contributed by atoms with van der Waals surface area (Å²) in [5.41, 5.74) is -0.725. The van der Waals surface area contributed by atoms with Gasteiger partial charge in [-0.2, -0.15) is 13.2 Å². The van der Waals surface area contributed by atoms with E-state index in [1.807, 2.05) is 0 Å². The molecule has 1 aromatic carbocycles. The summed E-state index contributed by atoms with van der Waals surface area (Å²) in [7, 11) is 0. The van der Waals surface area contributed by atoms with Crippen molar-refractivity contribution in [2.45, 2.75) is 37.5 Å². The van der Waals surface area contributed by atoms with E-state index in [0.29, 0.717) is 24.5 Å². The van der Waals surface area contributed by atoms with Gasteiger partial charge in [0, 0.05) is 25.2 Å². The summed E-state index contributed by atoms with van der Waals surface area (Å²) in [6.07, 6.45) is -0.996. The monoisotopic (exact) mass is 394 g/mol. The molecular weight excluding hydrogens is 369 g/mol. The van der Waals surface area contributed by atoms with Gasteiger partial charge in [-0.1, -0.05) is 18.6 Å². The summed E-state index contributed by atoms with van der Waals surface area (Å²) in [5, 5.41) is 6.97. The van der Waals surface area contributed by atoms with Crippen molar-refractivity contribution in [1.82, 2.24) is 10.6 Å². The van der Waals surface area contributed by atoms with E-state index in [-0.39, 0.29) is 24.8 Å². The number of hydrogen-bond acceptors (Lipinski definition) is 4. The van der Waals surface area contributed by atoms with Crippen LogP contribution in [0.4, 0.5) is 13.2 Å². The SMILES string of the molecule is Cl.FC(F)(F)c1ccccc1OCCNC1CCCC1C1COCCN1. The molecule has 0 spiro atoms. The molecule has 2 N–H and O–H groups in total. The minimum Gasteiger partial charge on any atom is -0.492 e. The van der Waals surface area contributed by atoms with Gasteiger partial charge in [-0.3, -0.25) is 0 Å². The number of benzene rings is 1. The van der Waals surface area contributed by atoms with Gasteiger partial charge < -0.3 is 20.1 Å². The Balaban J connectivity index is 0.00000243. The fourth-order valence-corrected chi connectivity index (χ4v) is 3.82. The van der Waals surface area contributed by atoms with Crippen molar-refractivity contribution >= 4 is 12.4 Å². The van der Waals surface area contributed by atoms with Crippen molar-refractivity contribution in [3.05, 3.63) is 29.8 Å². The predicted octanol–water partition coefficient (Wildman–Crippen LogP) is 3.25. The van der Waals surface area contributed by atoms with Crippen LogP contribution in [0.3, 0.4) is 0 Å². The smallest absolute Gasteiger partial charge is 0.419 e. The molecule has 4 nitrogen and oxygen atoms in total. The van der Waals surface area contributed by atoms with Gasteiger partial charge in [0.25, 0.3) is 0 Å². The van der Waals surface area contributed by atoms with E-state index in [9.17, 15) is 13.2 Å². The molecule has 3 atom stereocenters. The van der Waals surface area contributed by atoms with Crippen molar-refractivity contribution < 1.29 is 22.6 Å². The normalized spacial score (nSPS) is 26.3. The number of ether oxygens (including phenoxy) is 2. The van der Waals surface area contributed by atoms with Crippen LogP contribution >= 0.6 is 12.4 Å². The number of morpholine rings is 1. The Labute approximate surface area is 158 Å². The summed E-state index contributed by atoms with van der Waals surface area (Å²) in [4.78, 5) is 0. The first-order chi connectivity index (χ1) is 12.1. The zero-order chi connectivity index (χ0) is 17.7. The highest BCUT2D eigenvalue weighted by atomic mass is 35.5. The second-order valence-electron chi connectivity index (χ2n) is 6.63. The Bertz CT molecular complexity index is 553. The molecule has 1 aromatic rings. The molecule has 26 heavy (non-hydrogen) atoms. The lowest BCUT2D eigenvalue weighted by Crippen LogP contribution is -2.51. The van der Waals surface area contributed by atoms with Gasteiger partial charge in [0.15, 0.2) is 0 Å². The van der Waals surface area contributed by atoms with Crippen molar-refractivity contribution in [2.75, 3.05) is 32.9 Å². The van der Waals surface area contributed by atoms with Gasteiger partial charge in [0.05, 0.1) is 18.8 Å². The number of hydrogen-bond donors (Lipinski definition) is 2. The minimum atomic E-state index is -4.40. The maximum Gasteiger partial charge on any atom is 0.419 e. The van der Waals surface area contributed by atoms with Crippen LogP contribution < -0.4 is 15.4 Å².